The van der Waals surface area contributed by atoms with Crippen LogP contribution in [0.15, 0.2) is 24.3 Å². The highest BCUT2D eigenvalue weighted by Gasteiger charge is 2.10. The first-order valence-corrected chi connectivity index (χ1v) is 6.58. The van der Waals surface area contributed by atoms with Gasteiger partial charge in [0, 0.05) is 12.1 Å². The van der Waals surface area contributed by atoms with E-state index >= 15 is 0 Å². The summed E-state index contributed by atoms with van der Waals surface area (Å²) in [5.41, 5.74) is 1.73. The molecular formula is C9H12N2O8S. The zero-order chi connectivity index (χ0) is 15.2. The van der Waals surface area contributed by atoms with Crippen molar-refractivity contribution in [1.82, 2.24) is 5.48 Å². The largest absolute Gasteiger partial charge is 0.491 e. The molecule has 3 N–H and O–H groups in total. The minimum atomic E-state index is -4.63. The number of hydrogen-bond acceptors (Lipinski definition) is 8. The Morgan fingerprint density at radius 1 is 1.35 bits per heavy atom. The number of ether oxygens (including phenoxy) is 1. The van der Waals surface area contributed by atoms with E-state index in [0.29, 0.717) is 5.75 Å². The smallest absolute Gasteiger partial charge is 0.413 e. The van der Waals surface area contributed by atoms with E-state index in [4.69, 9.17) is 9.29 Å². The molecule has 0 aliphatic heterocycles. The number of aliphatic hydroxyl groups is 1. The van der Waals surface area contributed by atoms with Crippen molar-refractivity contribution in [1.29, 1.82) is 0 Å². The first-order valence-electron chi connectivity index (χ1n) is 5.22. The molecule has 0 saturated heterocycles. The average molecular weight is 308 g/mol. The second kappa shape index (κ2) is 7.12. The lowest BCUT2D eigenvalue weighted by molar-refractivity contribution is -0.384. The van der Waals surface area contributed by atoms with Crippen molar-refractivity contribution in [3.63, 3.8) is 0 Å². The zero-order valence-electron chi connectivity index (χ0n) is 10.0. The summed E-state index contributed by atoms with van der Waals surface area (Å²) in [6.45, 7) is -0.521. The van der Waals surface area contributed by atoms with Gasteiger partial charge in [-0.15, -0.1) is 0 Å². The molecule has 0 saturated carbocycles. The second-order valence-corrected chi connectivity index (χ2v) is 4.60. The van der Waals surface area contributed by atoms with E-state index in [1.807, 2.05) is 5.48 Å². The Labute approximate surface area is 114 Å². The third-order valence-corrected chi connectivity index (χ3v) is 2.30. The molecule has 0 spiro atoms. The molecule has 1 aromatic rings. The standard InChI is InChI=1S/C9H12N2O8S/c12-8(5-10-19-20(15,16)17)6-18-9-3-1-7(2-4-9)11(13)14/h1-4,8,10,12H,5-6H2,(H,15,16,17). The van der Waals surface area contributed by atoms with Crippen LogP contribution in [0.1, 0.15) is 0 Å². The summed E-state index contributed by atoms with van der Waals surface area (Å²) in [6, 6.07) is 5.18. The van der Waals surface area contributed by atoms with Gasteiger partial charge < -0.3 is 9.84 Å². The third-order valence-electron chi connectivity index (χ3n) is 1.97. The van der Waals surface area contributed by atoms with E-state index in [1.54, 1.807) is 0 Å². The molecule has 1 aromatic carbocycles. The molecule has 0 radical (unpaired) electrons. The monoisotopic (exact) mass is 308 g/mol. The van der Waals surface area contributed by atoms with Crippen LogP contribution in [0.5, 0.6) is 5.75 Å². The summed E-state index contributed by atoms with van der Waals surface area (Å²) < 4.78 is 37.5. The molecule has 20 heavy (non-hydrogen) atoms. The van der Waals surface area contributed by atoms with Crippen LogP contribution in [0, 0.1) is 10.1 Å². The van der Waals surface area contributed by atoms with Gasteiger partial charge in [0.05, 0.1) is 11.5 Å². The second-order valence-electron chi connectivity index (χ2n) is 3.58. The Morgan fingerprint density at radius 3 is 2.45 bits per heavy atom. The fourth-order valence-electron chi connectivity index (χ4n) is 1.12. The van der Waals surface area contributed by atoms with Gasteiger partial charge in [0.1, 0.15) is 18.5 Å². The molecule has 112 valence electrons. The quantitative estimate of drug-likeness (QED) is 0.333. The SMILES string of the molecule is O=[N+]([O-])c1ccc(OCC(O)CNOS(=O)(=O)O)cc1. The molecular weight excluding hydrogens is 296 g/mol. The molecule has 10 nitrogen and oxygen atoms in total. The first-order chi connectivity index (χ1) is 9.28. The van der Waals surface area contributed by atoms with Crippen LogP contribution in [-0.4, -0.2) is 42.3 Å². The fraction of sp³-hybridized carbons (Fsp3) is 0.333. The van der Waals surface area contributed by atoms with Crippen LogP contribution in [0.4, 0.5) is 5.69 Å². The summed E-state index contributed by atoms with van der Waals surface area (Å²) in [7, 11) is -4.63. The van der Waals surface area contributed by atoms with Gasteiger partial charge in [-0.1, -0.05) is 0 Å². The minimum Gasteiger partial charge on any atom is -0.491 e. The lowest BCUT2D eigenvalue weighted by Crippen LogP contribution is -2.32. The molecule has 0 fully saturated rings. The number of nitro benzene ring substituents is 1. The predicted octanol–water partition coefficient (Wildman–Crippen LogP) is -0.342. The van der Waals surface area contributed by atoms with Crippen LogP contribution in [0.3, 0.4) is 0 Å². The number of nitrogens with zero attached hydrogens (tertiary/aromatic N) is 1. The highest BCUT2D eigenvalue weighted by molar-refractivity contribution is 7.80. The first kappa shape index (κ1) is 16.3. The maximum atomic E-state index is 10.4. The van der Waals surface area contributed by atoms with Crippen molar-refractivity contribution < 1.29 is 32.0 Å². The third kappa shape index (κ3) is 6.40. The van der Waals surface area contributed by atoms with Gasteiger partial charge in [-0.25, -0.2) is 0 Å². The van der Waals surface area contributed by atoms with Gasteiger partial charge in [-0.3, -0.25) is 14.7 Å². The molecule has 0 bridgehead atoms. The fourth-order valence-corrected chi connectivity index (χ4v) is 1.34. The number of aliphatic hydroxyl groups excluding tert-OH is 1. The Morgan fingerprint density at radius 2 is 1.95 bits per heavy atom. The highest BCUT2D eigenvalue weighted by atomic mass is 32.3. The summed E-state index contributed by atoms with van der Waals surface area (Å²) in [5.74, 6) is 0.297. The van der Waals surface area contributed by atoms with Crippen LogP contribution in [0.25, 0.3) is 0 Å². The average Bonchev–Trinajstić information content (AvgIpc) is 2.35. The molecule has 1 unspecified atom stereocenters. The number of non-ortho nitro benzene ring substituents is 1. The van der Waals surface area contributed by atoms with Crippen molar-refractivity contribution in [2.75, 3.05) is 13.2 Å². The predicted molar refractivity (Wildman–Crippen MR) is 65.2 cm³/mol. The Bertz CT molecular complexity index is 544. The van der Waals surface area contributed by atoms with Gasteiger partial charge in [0.25, 0.3) is 5.69 Å². The maximum absolute atomic E-state index is 10.4. The van der Waals surface area contributed by atoms with E-state index in [-0.39, 0.29) is 18.8 Å². The normalized spacial score (nSPS) is 12.9. The molecule has 1 rings (SSSR count). The van der Waals surface area contributed by atoms with Crippen LogP contribution >= 0.6 is 0 Å². The zero-order valence-corrected chi connectivity index (χ0v) is 10.8. The molecule has 11 heteroatoms. The summed E-state index contributed by atoms with van der Waals surface area (Å²) in [4.78, 5) is 9.85. The summed E-state index contributed by atoms with van der Waals surface area (Å²) in [6.07, 6.45) is -1.12. The van der Waals surface area contributed by atoms with Crippen molar-refractivity contribution >= 4 is 16.1 Å². The Kier molecular flexibility index (Phi) is 5.79. The molecule has 0 heterocycles. The maximum Gasteiger partial charge on any atom is 0.413 e. The van der Waals surface area contributed by atoms with Crippen molar-refractivity contribution in [3.8, 4) is 5.75 Å². The van der Waals surface area contributed by atoms with Crippen molar-refractivity contribution in [3.05, 3.63) is 34.4 Å². The van der Waals surface area contributed by atoms with Crippen LogP contribution in [-0.2, 0) is 14.7 Å². The van der Waals surface area contributed by atoms with E-state index in [9.17, 15) is 23.6 Å². The van der Waals surface area contributed by atoms with Gasteiger partial charge in [-0.2, -0.15) is 18.2 Å². The van der Waals surface area contributed by atoms with E-state index < -0.39 is 21.4 Å². The number of nitrogens with one attached hydrogen (secondary N) is 1. The molecule has 0 aliphatic rings. The van der Waals surface area contributed by atoms with Crippen LogP contribution < -0.4 is 10.2 Å². The van der Waals surface area contributed by atoms with Crippen LogP contribution in [0.2, 0.25) is 0 Å². The van der Waals surface area contributed by atoms with Gasteiger partial charge in [0.2, 0.25) is 0 Å². The summed E-state index contributed by atoms with van der Waals surface area (Å²) >= 11 is 0. The highest BCUT2D eigenvalue weighted by Crippen LogP contribution is 2.17. The van der Waals surface area contributed by atoms with Crippen molar-refractivity contribution in [2.45, 2.75) is 6.10 Å². The topological polar surface area (TPSA) is 148 Å². The van der Waals surface area contributed by atoms with E-state index in [0.717, 1.165) is 0 Å². The molecule has 0 amide bonds. The number of hydrogen-bond donors (Lipinski definition) is 3. The lowest BCUT2D eigenvalue weighted by atomic mass is 10.3. The van der Waals surface area contributed by atoms with Gasteiger partial charge >= 0.3 is 10.4 Å². The molecule has 1 atom stereocenters. The number of nitro groups is 1. The van der Waals surface area contributed by atoms with Gasteiger partial charge in [-0.05, 0) is 12.1 Å². The van der Waals surface area contributed by atoms with E-state index in [1.165, 1.54) is 24.3 Å². The number of rotatable bonds is 8. The number of hydroxylamine groups is 1. The Hall–Kier alpha value is -1.79. The lowest BCUT2D eigenvalue weighted by Gasteiger charge is -2.12. The molecule has 0 aliphatic carbocycles. The van der Waals surface area contributed by atoms with Crippen molar-refractivity contribution in [2.24, 2.45) is 0 Å². The minimum absolute atomic E-state index is 0.0962. The van der Waals surface area contributed by atoms with Gasteiger partial charge in [0.15, 0.2) is 0 Å². The molecule has 0 aromatic heterocycles. The Balaban J connectivity index is 2.33. The summed E-state index contributed by atoms with van der Waals surface area (Å²) in [5, 5.41) is 19.8. The number of benzene rings is 1. The van der Waals surface area contributed by atoms with E-state index in [2.05, 4.69) is 4.28 Å².